The maximum atomic E-state index is 9.26. The molecule has 1 saturated heterocycles. The molecule has 1 fully saturated rings. The van der Waals surface area contributed by atoms with Crippen LogP contribution in [0.1, 0.15) is 51.2 Å². The van der Waals surface area contributed by atoms with E-state index < -0.39 is 0 Å². The van der Waals surface area contributed by atoms with Gasteiger partial charge in [-0.1, -0.05) is 29.8 Å². The Morgan fingerprint density at radius 1 is 1.15 bits per heavy atom. The average molecular weight is 270 g/mol. The Kier molecular flexibility index (Phi) is 4.20. The Morgan fingerprint density at radius 2 is 1.70 bits per heavy atom. The van der Waals surface area contributed by atoms with Gasteiger partial charge in [0, 0.05) is 17.4 Å². The second kappa shape index (κ2) is 5.58. The van der Waals surface area contributed by atoms with Crippen molar-refractivity contribution in [1.29, 1.82) is 5.26 Å². The van der Waals surface area contributed by atoms with E-state index >= 15 is 0 Å². The lowest BCUT2D eigenvalue weighted by Gasteiger charge is -2.46. The van der Waals surface area contributed by atoms with E-state index in [1.54, 1.807) is 0 Å². The molecule has 0 N–H and O–H groups in total. The topological polar surface area (TPSA) is 27.0 Å². The normalized spacial score (nSPS) is 19.6. The first-order chi connectivity index (χ1) is 9.37. The first kappa shape index (κ1) is 15.1. The molecule has 0 bridgehead atoms. The van der Waals surface area contributed by atoms with Gasteiger partial charge in [0.25, 0.3) is 0 Å². The van der Waals surface area contributed by atoms with Crippen molar-refractivity contribution >= 4 is 0 Å². The number of nitriles is 1. The molecule has 1 aromatic carbocycles. The zero-order valence-electron chi connectivity index (χ0n) is 13.2. The van der Waals surface area contributed by atoms with Crippen molar-refractivity contribution in [3.05, 3.63) is 35.4 Å². The van der Waals surface area contributed by atoms with E-state index in [1.807, 2.05) is 0 Å². The Morgan fingerprint density at radius 3 is 2.15 bits per heavy atom. The van der Waals surface area contributed by atoms with Crippen LogP contribution in [-0.2, 0) is 5.41 Å². The SMILES string of the molecule is Cc1ccc(C2(CC#N)CCN(C(C)(C)C)CC2)cc1. The molecule has 0 aliphatic carbocycles. The van der Waals surface area contributed by atoms with Gasteiger partial charge in [-0.3, -0.25) is 4.90 Å². The van der Waals surface area contributed by atoms with Gasteiger partial charge in [-0.15, -0.1) is 0 Å². The van der Waals surface area contributed by atoms with Crippen molar-refractivity contribution in [2.45, 2.75) is 57.9 Å². The van der Waals surface area contributed by atoms with Gasteiger partial charge < -0.3 is 0 Å². The number of piperidine rings is 1. The molecule has 1 aliphatic rings. The molecule has 0 unspecified atom stereocenters. The standard InChI is InChI=1S/C18H26N2/c1-15-5-7-16(8-6-15)18(9-12-19)10-13-20(14-11-18)17(2,3)4/h5-8H,9-11,13-14H2,1-4H3. The third kappa shape index (κ3) is 3.04. The Labute approximate surface area is 123 Å². The molecule has 1 heterocycles. The molecule has 0 atom stereocenters. The van der Waals surface area contributed by atoms with Crippen molar-refractivity contribution < 1.29 is 0 Å². The van der Waals surface area contributed by atoms with Crippen LogP contribution in [0.5, 0.6) is 0 Å². The van der Waals surface area contributed by atoms with Crippen molar-refractivity contribution in [3.63, 3.8) is 0 Å². The number of rotatable bonds is 2. The fourth-order valence-corrected chi connectivity index (χ4v) is 3.23. The highest BCUT2D eigenvalue weighted by atomic mass is 15.2. The molecular formula is C18H26N2. The molecule has 0 saturated carbocycles. The number of aryl methyl sites for hydroxylation is 1. The van der Waals surface area contributed by atoms with Gasteiger partial charge in [0.05, 0.1) is 6.07 Å². The smallest absolute Gasteiger partial charge is 0.0631 e. The van der Waals surface area contributed by atoms with Gasteiger partial charge >= 0.3 is 0 Å². The van der Waals surface area contributed by atoms with Gasteiger partial charge in [-0.05, 0) is 59.2 Å². The molecule has 108 valence electrons. The number of likely N-dealkylation sites (tertiary alicyclic amines) is 1. The fourth-order valence-electron chi connectivity index (χ4n) is 3.23. The van der Waals surface area contributed by atoms with Crippen LogP contribution in [0.3, 0.4) is 0 Å². The van der Waals surface area contributed by atoms with E-state index in [0.717, 1.165) is 25.9 Å². The van der Waals surface area contributed by atoms with Gasteiger partial charge in [0.15, 0.2) is 0 Å². The summed E-state index contributed by atoms with van der Waals surface area (Å²) in [5.41, 5.74) is 2.92. The summed E-state index contributed by atoms with van der Waals surface area (Å²) < 4.78 is 0. The van der Waals surface area contributed by atoms with Crippen molar-refractivity contribution in [2.24, 2.45) is 0 Å². The Hall–Kier alpha value is -1.33. The zero-order valence-corrected chi connectivity index (χ0v) is 13.2. The molecule has 2 nitrogen and oxygen atoms in total. The molecule has 0 radical (unpaired) electrons. The van der Waals surface area contributed by atoms with E-state index in [2.05, 4.69) is 62.9 Å². The molecule has 2 rings (SSSR count). The van der Waals surface area contributed by atoms with Crippen LogP contribution in [0.4, 0.5) is 0 Å². The highest BCUT2D eigenvalue weighted by molar-refractivity contribution is 5.30. The molecule has 2 heteroatoms. The van der Waals surface area contributed by atoms with E-state index in [-0.39, 0.29) is 11.0 Å². The summed E-state index contributed by atoms with van der Waals surface area (Å²) in [6.07, 6.45) is 2.80. The number of benzene rings is 1. The van der Waals surface area contributed by atoms with Crippen molar-refractivity contribution in [2.75, 3.05) is 13.1 Å². The summed E-state index contributed by atoms with van der Waals surface area (Å²) in [5.74, 6) is 0. The average Bonchev–Trinajstić information content (AvgIpc) is 2.39. The summed E-state index contributed by atoms with van der Waals surface area (Å²) in [6, 6.07) is 11.2. The summed E-state index contributed by atoms with van der Waals surface area (Å²) >= 11 is 0. The minimum atomic E-state index is 0.0597. The van der Waals surface area contributed by atoms with Crippen LogP contribution in [0.25, 0.3) is 0 Å². The van der Waals surface area contributed by atoms with Crippen LogP contribution >= 0.6 is 0 Å². The first-order valence-corrected chi connectivity index (χ1v) is 7.57. The lowest BCUT2D eigenvalue weighted by atomic mass is 9.70. The van der Waals surface area contributed by atoms with Gasteiger partial charge in [0.2, 0.25) is 0 Å². The summed E-state index contributed by atoms with van der Waals surface area (Å²) in [4.78, 5) is 2.54. The lowest BCUT2D eigenvalue weighted by Crippen LogP contribution is -2.50. The highest BCUT2D eigenvalue weighted by Crippen LogP contribution is 2.40. The fraction of sp³-hybridized carbons (Fsp3) is 0.611. The lowest BCUT2D eigenvalue weighted by molar-refractivity contribution is 0.0752. The minimum Gasteiger partial charge on any atom is -0.298 e. The molecular weight excluding hydrogens is 244 g/mol. The zero-order chi connectivity index (χ0) is 14.8. The Balaban J connectivity index is 2.21. The van der Waals surface area contributed by atoms with E-state index in [0.29, 0.717) is 6.42 Å². The summed E-state index contributed by atoms with van der Waals surface area (Å²) in [5, 5.41) is 9.26. The molecule has 0 spiro atoms. The van der Waals surface area contributed by atoms with Crippen molar-refractivity contribution in [1.82, 2.24) is 4.90 Å². The van der Waals surface area contributed by atoms with Crippen LogP contribution in [0.15, 0.2) is 24.3 Å². The van der Waals surface area contributed by atoms with Crippen LogP contribution in [0, 0.1) is 18.3 Å². The van der Waals surface area contributed by atoms with Crippen LogP contribution < -0.4 is 0 Å². The number of hydrogen-bond acceptors (Lipinski definition) is 2. The predicted octanol–water partition coefficient (Wildman–Crippen LogP) is 4.04. The molecule has 20 heavy (non-hydrogen) atoms. The third-order valence-electron chi connectivity index (χ3n) is 4.75. The summed E-state index contributed by atoms with van der Waals surface area (Å²) in [6.45, 7) is 11.1. The third-order valence-corrected chi connectivity index (χ3v) is 4.75. The van der Waals surface area contributed by atoms with Gasteiger partial charge in [-0.2, -0.15) is 5.26 Å². The number of hydrogen-bond donors (Lipinski definition) is 0. The molecule has 1 aromatic rings. The second-order valence-corrected chi connectivity index (χ2v) is 7.14. The number of nitrogens with zero attached hydrogens (tertiary/aromatic N) is 2. The van der Waals surface area contributed by atoms with Gasteiger partial charge in [-0.25, -0.2) is 0 Å². The second-order valence-electron chi connectivity index (χ2n) is 7.14. The van der Waals surface area contributed by atoms with Gasteiger partial charge in [0.1, 0.15) is 0 Å². The Bertz CT molecular complexity index is 480. The molecule has 0 amide bonds. The summed E-state index contributed by atoms with van der Waals surface area (Å²) in [7, 11) is 0. The van der Waals surface area contributed by atoms with E-state index in [1.165, 1.54) is 11.1 Å². The van der Waals surface area contributed by atoms with Crippen LogP contribution in [-0.4, -0.2) is 23.5 Å². The van der Waals surface area contributed by atoms with Crippen molar-refractivity contribution in [3.8, 4) is 6.07 Å². The maximum Gasteiger partial charge on any atom is 0.0631 e. The first-order valence-electron chi connectivity index (χ1n) is 7.57. The maximum absolute atomic E-state index is 9.26. The molecule has 1 aliphatic heterocycles. The largest absolute Gasteiger partial charge is 0.298 e. The predicted molar refractivity (Wildman–Crippen MR) is 83.6 cm³/mol. The minimum absolute atomic E-state index is 0.0597. The monoisotopic (exact) mass is 270 g/mol. The van der Waals surface area contributed by atoms with E-state index in [9.17, 15) is 5.26 Å². The highest BCUT2D eigenvalue weighted by Gasteiger charge is 2.38. The molecule has 0 aromatic heterocycles. The van der Waals surface area contributed by atoms with E-state index in [4.69, 9.17) is 0 Å². The van der Waals surface area contributed by atoms with Crippen LogP contribution in [0.2, 0.25) is 0 Å². The quantitative estimate of drug-likeness (QED) is 0.811.